The number of aliphatic carboxylic acids is 1. The monoisotopic (exact) mass is 354 g/mol. The summed E-state index contributed by atoms with van der Waals surface area (Å²) in [5, 5.41) is 16.9. The van der Waals surface area contributed by atoms with Crippen LogP contribution in [0.15, 0.2) is 36.4 Å². The molecule has 0 spiro atoms. The van der Waals surface area contributed by atoms with E-state index in [-0.39, 0.29) is 12.5 Å². The summed E-state index contributed by atoms with van der Waals surface area (Å²) in [4.78, 5) is 25.5. The Kier molecular flexibility index (Phi) is 4.46. The van der Waals surface area contributed by atoms with Crippen LogP contribution in [0, 0.1) is 0 Å². The Balaban J connectivity index is 1.52. The van der Waals surface area contributed by atoms with E-state index in [9.17, 15) is 14.7 Å². The number of rotatable bonds is 6. The molecule has 1 amide bonds. The van der Waals surface area contributed by atoms with Crippen LogP contribution in [0.4, 0.5) is 5.82 Å². The number of benzene rings is 1. The largest absolute Gasteiger partial charge is 0.480 e. The number of carboxylic acid groups (broad SMARTS) is 1. The Morgan fingerprint density at radius 1 is 1.19 bits per heavy atom. The van der Waals surface area contributed by atoms with Gasteiger partial charge < -0.3 is 10.4 Å². The number of nitrogens with one attached hydrogen (secondary N) is 1. The summed E-state index contributed by atoms with van der Waals surface area (Å²) >= 11 is 0. The number of hydrogen-bond donors (Lipinski definition) is 2. The van der Waals surface area contributed by atoms with Crippen LogP contribution in [-0.2, 0) is 9.59 Å². The number of carboxylic acids is 1. The maximum atomic E-state index is 12.5. The van der Waals surface area contributed by atoms with Gasteiger partial charge in [0, 0.05) is 12.0 Å². The van der Waals surface area contributed by atoms with Crippen LogP contribution in [0.3, 0.4) is 0 Å². The van der Waals surface area contributed by atoms with E-state index in [0.717, 1.165) is 30.6 Å². The minimum absolute atomic E-state index is 0.0791. The molecule has 7 nitrogen and oxygen atoms in total. The molecule has 4 rings (SSSR count). The van der Waals surface area contributed by atoms with Crippen molar-refractivity contribution < 1.29 is 14.7 Å². The Morgan fingerprint density at radius 3 is 2.65 bits per heavy atom. The molecule has 2 aliphatic rings. The topological polar surface area (TPSA) is 87.5 Å². The molecule has 26 heavy (non-hydrogen) atoms. The molecular weight excluding hydrogens is 332 g/mol. The van der Waals surface area contributed by atoms with Crippen LogP contribution < -0.4 is 5.32 Å². The molecule has 2 aromatic rings. The highest BCUT2D eigenvalue weighted by Crippen LogP contribution is 2.40. The lowest BCUT2D eigenvalue weighted by atomic mass is 10.2. The number of likely N-dealkylation sites (tertiary alicyclic amines) is 1. The maximum absolute atomic E-state index is 12.5. The smallest absolute Gasteiger partial charge is 0.320 e. The number of hydrogen-bond acceptors (Lipinski definition) is 4. The lowest BCUT2D eigenvalue weighted by Gasteiger charge is -2.20. The van der Waals surface area contributed by atoms with Crippen molar-refractivity contribution in [2.45, 2.75) is 37.6 Å². The molecule has 1 aliphatic carbocycles. The van der Waals surface area contributed by atoms with Gasteiger partial charge in [-0.15, -0.1) is 0 Å². The van der Waals surface area contributed by atoms with Gasteiger partial charge in [-0.1, -0.05) is 18.2 Å². The average Bonchev–Trinajstić information content (AvgIpc) is 3.23. The Bertz CT molecular complexity index is 813. The second-order valence-electron chi connectivity index (χ2n) is 6.99. The van der Waals surface area contributed by atoms with Gasteiger partial charge in [-0.3, -0.25) is 14.5 Å². The van der Waals surface area contributed by atoms with Gasteiger partial charge in [-0.25, -0.2) is 4.68 Å². The zero-order chi connectivity index (χ0) is 18.1. The van der Waals surface area contributed by atoms with Crippen LogP contribution in [0.5, 0.6) is 0 Å². The first kappa shape index (κ1) is 16.8. The predicted molar refractivity (Wildman–Crippen MR) is 96.4 cm³/mol. The number of amides is 1. The van der Waals surface area contributed by atoms with E-state index < -0.39 is 12.0 Å². The minimum Gasteiger partial charge on any atom is -0.480 e. The van der Waals surface area contributed by atoms with Crippen LogP contribution >= 0.6 is 0 Å². The van der Waals surface area contributed by atoms with Crippen molar-refractivity contribution in [1.82, 2.24) is 14.7 Å². The molecule has 1 aliphatic heterocycles. The average molecular weight is 354 g/mol. The van der Waals surface area contributed by atoms with Gasteiger partial charge in [0.15, 0.2) is 0 Å². The molecule has 0 bridgehead atoms. The van der Waals surface area contributed by atoms with Gasteiger partial charge in [-0.2, -0.15) is 5.10 Å². The number of nitrogens with zero attached hydrogens (tertiary/aromatic N) is 3. The van der Waals surface area contributed by atoms with E-state index in [1.165, 1.54) is 0 Å². The van der Waals surface area contributed by atoms with Crippen LogP contribution in [0.25, 0.3) is 5.69 Å². The highest BCUT2D eigenvalue weighted by Gasteiger charge is 2.32. The van der Waals surface area contributed by atoms with Crippen molar-refractivity contribution in [1.29, 1.82) is 0 Å². The molecule has 1 saturated carbocycles. The molecule has 7 heteroatoms. The number of aromatic nitrogens is 2. The van der Waals surface area contributed by atoms with Crippen molar-refractivity contribution in [2.24, 2.45) is 0 Å². The molecule has 2 heterocycles. The fourth-order valence-corrected chi connectivity index (χ4v) is 3.49. The summed E-state index contributed by atoms with van der Waals surface area (Å²) < 4.78 is 1.75. The van der Waals surface area contributed by atoms with Crippen molar-refractivity contribution >= 4 is 17.7 Å². The van der Waals surface area contributed by atoms with Gasteiger partial charge >= 0.3 is 5.97 Å². The molecule has 1 aromatic heterocycles. The Morgan fingerprint density at radius 2 is 1.96 bits per heavy atom. The molecule has 0 radical (unpaired) electrons. The highest BCUT2D eigenvalue weighted by molar-refractivity contribution is 5.92. The van der Waals surface area contributed by atoms with Crippen molar-refractivity contribution in [3.8, 4) is 5.69 Å². The summed E-state index contributed by atoms with van der Waals surface area (Å²) in [5.74, 6) is 0.0398. The highest BCUT2D eigenvalue weighted by atomic mass is 16.4. The molecular formula is C19H22N4O3. The summed E-state index contributed by atoms with van der Waals surface area (Å²) in [7, 11) is 0. The second kappa shape index (κ2) is 6.92. The number of carbonyl (C=O) groups excluding carboxylic acids is 1. The van der Waals surface area contributed by atoms with Gasteiger partial charge in [-0.05, 0) is 44.4 Å². The lowest BCUT2D eigenvalue weighted by Crippen LogP contribution is -2.41. The maximum Gasteiger partial charge on any atom is 0.320 e. The first-order valence-corrected chi connectivity index (χ1v) is 9.04. The molecule has 136 valence electrons. The summed E-state index contributed by atoms with van der Waals surface area (Å²) in [5.41, 5.74) is 1.88. The first-order valence-electron chi connectivity index (χ1n) is 9.04. The normalized spacial score (nSPS) is 20.2. The van der Waals surface area contributed by atoms with E-state index in [4.69, 9.17) is 0 Å². The van der Waals surface area contributed by atoms with Gasteiger partial charge in [0.1, 0.15) is 11.9 Å². The lowest BCUT2D eigenvalue weighted by molar-refractivity contribution is -0.142. The Hall–Kier alpha value is -2.67. The van der Waals surface area contributed by atoms with Crippen molar-refractivity contribution in [3.05, 3.63) is 42.1 Å². The standard InChI is InChI=1S/C19H22N4O3/c24-18(12-22-10-4-7-16(22)19(25)26)20-17-11-15(13-8-9-13)21-23(17)14-5-2-1-3-6-14/h1-3,5-6,11,13,16H,4,7-10,12H2,(H,20,24)(H,25,26)/t16-/m0/s1. The van der Waals surface area contributed by atoms with Gasteiger partial charge in [0.05, 0.1) is 17.9 Å². The molecule has 1 saturated heterocycles. The van der Waals surface area contributed by atoms with Gasteiger partial charge in [0.25, 0.3) is 0 Å². The predicted octanol–water partition coefficient (Wildman–Crippen LogP) is 2.24. The summed E-state index contributed by atoms with van der Waals surface area (Å²) in [6.07, 6.45) is 3.66. The zero-order valence-corrected chi connectivity index (χ0v) is 14.5. The Labute approximate surface area is 151 Å². The fourth-order valence-electron chi connectivity index (χ4n) is 3.49. The van der Waals surface area contributed by atoms with Crippen LogP contribution in [0.2, 0.25) is 0 Å². The minimum atomic E-state index is -0.861. The molecule has 2 fully saturated rings. The summed E-state index contributed by atoms with van der Waals surface area (Å²) in [6, 6.07) is 11.1. The van der Waals surface area contributed by atoms with E-state index >= 15 is 0 Å². The van der Waals surface area contributed by atoms with E-state index in [1.54, 1.807) is 9.58 Å². The number of anilines is 1. The molecule has 0 unspecified atom stereocenters. The SMILES string of the molecule is O=C(CN1CCC[C@H]1C(=O)O)Nc1cc(C2CC2)nn1-c1ccccc1. The van der Waals surface area contributed by atoms with E-state index in [0.29, 0.717) is 24.7 Å². The number of carbonyl (C=O) groups is 2. The molecule has 1 aromatic carbocycles. The summed E-state index contributed by atoms with van der Waals surface area (Å²) in [6.45, 7) is 0.714. The third-order valence-corrected chi connectivity index (χ3v) is 4.99. The number of para-hydroxylation sites is 1. The van der Waals surface area contributed by atoms with Crippen molar-refractivity contribution in [3.63, 3.8) is 0 Å². The third-order valence-electron chi connectivity index (χ3n) is 4.99. The first-order chi connectivity index (χ1) is 12.6. The second-order valence-corrected chi connectivity index (χ2v) is 6.99. The van der Waals surface area contributed by atoms with Crippen molar-refractivity contribution in [2.75, 3.05) is 18.4 Å². The van der Waals surface area contributed by atoms with Crippen LogP contribution in [-0.4, -0.2) is 50.8 Å². The third kappa shape index (κ3) is 3.48. The molecule has 1 atom stereocenters. The van der Waals surface area contributed by atoms with Gasteiger partial charge in [0.2, 0.25) is 5.91 Å². The van der Waals surface area contributed by atoms with E-state index in [1.807, 2.05) is 36.4 Å². The van der Waals surface area contributed by atoms with E-state index in [2.05, 4.69) is 10.4 Å². The quantitative estimate of drug-likeness (QED) is 0.831. The van der Waals surface area contributed by atoms with Crippen LogP contribution in [0.1, 0.15) is 37.3 Å². The zero-order valence-electron chi connectivity index (χ0n) is 14.5. The molecule has 2 N–H and O–H groups in total. The fraction of sp³-hybridized carbons (Fsp3) is 0.421.